The van der Waals surface area contributed by atoms with Crippen LogP contribution in [0.15, 0.2) is 60.8 Å². The van der Waals surface area contributed by atoms with Gasteiger partial charge in [0.05, 0.1) is 30.3 Å². The highest BCUT2D eigenvalue weighted by atomic mass is 16.7. The van der Waals surface area contributed by atoms with Gasteiger partial charge in [0.25, 0.3) is 0 Å². The number of pyridine rings is 1. The van der Waals surface area contributed by atoms with Crippen LogP contribution in [0.5, 0.6) is 5.75 Å². The Balaban J connectivity index is 1.63. The molecule has 1 aromatic heterocycles. The summed E-state index contributed by atoms with van der Waals surface area (Å²) in [4.78, 5) is 25.0. The lowest BCUT2D eigenvalue weighted by Crippen LogP contribution is -2.59. The Morgan fingerprint density at radius 3 is 2.36 bits per heavy atom. The summed E-state index contributed by atoms with van der Waals surface area (Å²) in [5, 5.41) is 6.29. The van der Waals surface area contributed by atoms with Crippen molar-refractivity contribution < 1.29 is 14.4 Å². The molecule has 192 valence electrons. The van der Waals surface area contributed by atoms with Crippen molar-refractivity contribution in [2.75, 3.05) is 19.0 Å². The fourth-order valence-electron chi connectivity index (χ4n) is 5.40. The number of hydrogen-bond acceptors (Lipinski definition) is 5. The number of piperidine rings is 1. The van der Waals surface area contributed by atoms with E-state index in [9.17, 15) is 4.79 Å². The van der Waals surface area contributed by atoms with E-state index in [2.05, 4.69) is 43.1 Å². The first-order chi connectivity index (χ1) is 17.0. The van der Waals surface area contributed by atoms with Crippen LogP contribution in [0, 0.1) is 5.41 Å². The van der Waals surface area contributed by atoms with Crippen LogP contribution in [0.4, 0.5) is 5.69 Å². The van der Waals surface area contributed by atoms with Gasteiger partial charge in [-0.3, -0.25) is 14.6 Å². The van der Waals surface area contributed by atoms with Crippen molar-refractivity contribution >= 4 is 22.5 Å². The number of rotatable bonds is 8. The molecular formula is C30H39N3O3. The Morgan fingerprint density at radius 2 is 1.69 bits per heavy atom. The minimum absolute atomic E-state index is 0.0934. The van der Waals surface area contributed by atoms with Crippen molar-refractivity contribution in [1.82, 2.24) is 10.0 Å². The quantitative estimate of drug-likeness (QED) is 0.396. The number of hydrogen-bond donors (Lipinski definition) is 1. The number of amides is 1. The summed E-state index contributed by atoms with van der Waals surface area (Å²) in [6.07, 6.45) is 5.55. The number of aromatic nitrogens is 1. The number of carbonyl (C=O) groups excluding carboxylic acids is 1. The Bertz CT molecular complexity index is 1180. The van der Waals surface area contributed by atoms with Gasteiger partial charge in [0.1, 0.15) is 5.75 Å². The van der Waals surface area contributed by atoms with E-state index in [-0.39, 0.29) is 23.6 Å². The first kappa shape index (κ1) is 26.1. The molecule has 0 bridgehead atoms. The number of methoxy groups -OCH3 is 1. The second-order valence-corrected chi connectivity index (χ2v) is 11.5. The predicted octanol–water partition coefficient (Wildman–Crippen LogP) is 6.41. The van der Waals surface area contributed by atoms with E-state index in [4.69, 9.17) is 9.57 Å². The molecule has 6 nitrogen and oxygen atoms in total. The first-order valence-electron chi connectivity index (χ1n) is 12.8. The zero-order chi connectivity index (χ0) is 26.0. The van der Waals surface area contributed by atoms with Gasteiger partial charge in [-0.2, -0.15) is 5.06 Å². The second kappa shape index (κ2) is 10.2. The van der Waals surface area contributed by atoms with Crippen LogP contribution in [0.2, 0.25) is 0 Å². The summed E-state index contributed by atoms with van der Waals surface area (Å²) < 4.78 is 5.32. The van der Waals surface area contributed by atoms with E-state index in [1.54, 1.807) is 13.3 Å². The smallest absolute Gasteiger partial charge is 0.233 e. The van der Waals surface area contributed by atoms with Gasteiger partial charge in [0, 0.05) is 22.7 Å². The molecule has 4 rings (SSSR count). The second-order valence-electron chi connectivity index (χ2n) is 11.5. The Kier molecular flexibility index (Phi) is 7.39. The SMILES string of the molecule is COc1ccc(CC(C)(CON2C(C)(C)CCCC2(C)C)C(=O)Nc2cccc3cccnc23)cc1. The van der Waals surface area contributed by atoms with Crippen LogP contribution < -0.4 is 10.1 Å². The number of ether oxygens (including phenoxy) is 1. The van der Waals surface area contributed by atoms with Crippen molar-refractivity contribution in [3.63, 3.8) is 0 Å². The standard InChI is InChI=1S/C30H39N3O3/c1-28(2)17-9-18-29(3,4)33(28)36-21-30(5,20-22-13-15-24(35-6)16-14-22)27(34)32-25-12-7-10-23-11-8-19-31-26(23)25/h7-8,10-16,19H,9,17-18,20-21H2,1-6H3,(H,32,34). The molecular weight excluding hydrogens is 450 g/mol. The Morgan fingerprint density at radius 1 is 1.03 bits per heavy atom. The minimum Gasteiger partial charge on any atom is -0.497 e. The van der Waals surface area contributed by atoms with Gasteiger partial charge in [0.2, 0.25) is 5.91 Å². The van der Waals surface area contributed by atoms with Gasteiger partial charge in [0.15, 0.2) is 0 Å². The predicted molar refractivity (Wildman–Crippen MR) is 145 cm³/mol. The van der Waals surface area contributed by atoms with Gasteiger partial charge < -0.3 is 10.1 Å². The number of hydroxylamine groups is 2. The van der Waals surface area contributed by atoms with Crippen molar-refractivity contribution in [3.05, 3.63) is 66.4 Å². The van der Waals surface area contributed by atoms with E-state index in [1.165, 1.54) is 0 Å². The molecule has 0 aliphatic carbocycles. The molecule has 1 aliphatic rings. The van der Waals surface area contributed by atoms with E-state index in [1.807, 2.05) is 61.5 Å². The number of anilines is 1. The van der Waals surface area contributed by atoms with Crippen LogP contribution in [-0.4, -0.2) is 40.7 Å². The van der Waals surface area contributed by atoms with Gasteiger partial charge >= 0.3 is 0 Å². The maximum Gasteiger partial charge on any atom is 0.233 e. The molecule has 1 aliphatic heterocycles. The van der Waals surface area contributed by atoms with Crippen LogP contribution in [0.1, 0.15) is 59.4 Å². The average Bonchev–Trinajstić information content (AvgIpc) is 2.83. The lowest BCUT2D eigenvalue weighted by molar-refractivity contribution is -0.290. The monoisotopic (exact) mass is 489 g/mol. The highest BCUT2D eigenvalue weighted by Crippen LogP contribution is 2.39. The molecule has 1 saturated heterocycles. The summed E-state index contributed by atoms with van der Waals surface area (Å²) in [7, 11) is 1.65. The third-order valence-corrected chi connectivity index (χ3v) is 7.37. The number of nitrogens with one attached hydrogen (secondary N) is 1. The molecule has 2 aromatic carbocycles. The van der Waals surface area contributed by atoms with Gasteiger partial charge in [-0.05, 0) is 90.1 Å². The third-order valence-electron chi connectivity index (χ3n) is 7.37. The Hall–Kier alpha value is -2.96. The molecule has 36 heavy (non-hydrogen) atoms. The number of carbonyl (C=O) groups is 1. The summed E-state index contributed by atoms with van der Waals surface area (Å²) in [6, 6.07) is 17.6. The number of benzene rings is 2. The number of nitrogens with zero attached hydrogens (tertiary/aromatic N) is 2. The average molecular weight is 490 g/mol. The molecule has 3 aromatic rings. The first-order valence-corrected chi connectivity index (χ1v) is 12.8. The van der Waals surface area contributed by atoms with Crippen molar-refractivity contribution in [1.29, 1.82) is 0 Å². The maximum atomic E-state index is 13.9. The van der Waals surface area contributed by atoms with Gasteiger partial charge in [-0.15, -0.1) is 0 Å². The maximum absolute atomic E-state index is 13.9. The van der Waals surface area contributed by atoms with Crippen LogP contribution >= 0.6 is 0 Å². The highest BCUT2D eigenvalue weighted by Gasteiger charge is 2.44. The van der Waals surface area contributed by atoms with Crippen LogP contribution in [-0.2, 0) is 16.1 Å². The van der Waals surface area contributed by atoms with E-state index < -0.39 is 5.41 Å². The lowest BCUT2D eigenvalue weighted by Gasteiger charge is -2.52. The topological polar surface area (TPSA) is 63.7 Å². The van der Waals surface area contributed by atoms with E-state index in [0.717, 1.165) is 41.5 Å². The summed E-state index contributed by atoms with van der Waals surface area (Å²) >= 11 is 0. The summed E-state index contributed by atoms with van der Waals surface area (Å²) in [5.74, 6) is 0.698. The van der Waals surface area contributed by atoms with Crippen LogP contribution in [0.3, 0.4) is 0 Å². The Labute approximate surface area is 215 Å². The molecule has 1 unspecified atom stereocenters. The van der Waals surface area contributed by atoms with Crippen molar-refractivity contribution in [2.45, 2.75) is 71.4 Å². The summed E-state index contributed by atoms with van der Waals surface area (Å²) in [6.45, 7) is 11.1. The molecule has 2 heterocycles. The number of fused-ring (bicyclic) bond motifs is 1. The molecule has 1 fully saturated rings. The molecule has 0 spiro atoms. The van der Waals surface area contributed by atoms with Gasteiger partial charge in [-0.1, -0.05) is 30.3 Å². The molecule has 1 amide bonds. The minimum atomic E-state index is -0.824. The largest absolute Gasteiger partial charge is 0.497 e. The zero-order valence-electron chi connectivity index (χ0n) is 22.4. The molecule has 6 heteroatoms. The van der Waals surface area contributed by atoms with Gasteiger partial charge in [-0.25, -0.2) is 0 Å². The van der Waals surface area contributed by atoms with Crippen molar-refractivity contribution in [3.8, 4) is 5.75 Å². The van der Waals surface area contributed by atoms with E-state index in [0.29, 0.717) is 12.1 Å². The van der Waals surface area contributed by atoms with Crippen molar-refractivity contribution in [2.24, 2.45) is 5.41 Å². The van der Waals surface area contributed by atoms with E-state index >= 15 is 0 Å². The normalized spacial score (nSPS) is 18.9. The third kappa shape index (κ3) is 5.55. The molecule has 0 radical (unpaired) electrons. The molecule has 1 N–H and O–H groups in total. The fourth-order valence-corrected chi connectivity index (χ4v) is 5.40. The highest BCUT2D eigenvalue weighted by molar-refractivity contribution is 6.02. The molecule has 0 saturated carbocycles. The lowest BCUT2D eigenvalue weighted by atomic mass is 9.81. The fraction of sp³-hybridized carbons (Fsp3) is 0.467. The summed E-state index contributed by atoms with van der Waals surface area (Å²) in [5.41, 5.74) is 1.48. The molecule has 1 atom stereocenters. The zero-order valence-corrected chi connectivity index (χ0v) is 22.4. The number of para-hydroxylation sites is 1. The van der Waals surface area contributed by atoms with Crippen LogP contribution in [0.25, 0.3) is 10.9 Å².